The predicted octanol–water partition coefficient (Wildman–Crippen LogP) is 5.35. The normalized spacial score (nSPS) is 17.4. The van der Waals surface area contributed by atoms with Crippen molar-refractivity contribution in [1.29, 1.82) is 0 Å². The fraction of sp³-hybridized carbons (Fsp3) is 0.632. The molecule has 4 N–H and O–H groups in total. The Balaban J connectivity index is 1.00. The lowest BCUT2D eigenvalue weighted by Crippen LogP contribution is -2.49. The summed E-state index contributed by atoms with van der Waals surface area (Å²) in [6, 6.07) is 10.3. The van der Waals surface area contributed by atoms with Gasteiger partial charge in [0.1, 0.15) is 17.2 Å². The Labute approximate surface area is 286 Å². The smallest absolute Gasteiger partial charge is 0.262 e. The highest BCUT2D eigenvalue weighted by Gasteiger charge is 2.35. The van der Waals surface area contributed by atoms with Crippen molar-refractivity contribution >= 4 is 17.5 Å². The molecule has 10 heteroatoms. The van der Waals surface area contributed by atoms with Gasteiger partial charge in [-0.3, -0.25) is 14.5 Å². The average Bonchev–Trinajstić information content (AvgIpc) is 3.59. The highest BCUT2D eigenvalue weighted by atomic mass is 16.5. The van der Waals surface area contributed by atoms with E-state index in [-0.39, 0.29) is 30.2 Å². The highest BCUT2D eigenvalue weighted by Crippen LogP contribution is 2.39. The Morgan fingerprint density at radius 2 is 1.88 bits per heavy atom. The van der Waals surface area contributed by atoms with Gasteiger partial charge in [-0.05, 0) is 80.8 Å². The van der Waals surface area contributed by atoms with E-state index in [0.29, 0.717) is 68.8 Å². The van der Waals surface area contributed by atoms with Gasteiger partial charge in [-0.25, -0.2) is 0 Å². The van der Waals surface area contributed by atoms with Crippen LogP contribution in [0.5, 0.6) is 17.2 Å². The summed E-state index contributed by atoms with van der Waals surface area (Å²) in [6.45, 7) is 9.31. The number of phenolic OH excluding ortho intramolecular Hbond substituents is 2. The first-order valence-corrected chi connectivity index (χ1v) is 18.2. The van der Waals surface area contributed by atoms with Gasteiger partial charge < -0.3 is 35.2 Å². The molecule has 2 amide bonds. The van der Waals surface area contributed by atoms with Crippen LogP contribution in [0.15, 0.2) is 30.3 Å². The number of hydrogen-bond acceptors (Lipinski definition) is 8. The van der Waals surface area contributed by atoms with E-state index in [9.17, 15) is 19.8 Å². The molecule has 2 aromatic carbocycles. The van der Waals surface area contributed by atoms with Crippen LogP contribution in [0.1, 0.15) is 94.2 Å². The third-order valence-electron chi connectivity index (χ3n) is 10.3. The van der Waals surface area contributed by atoms with E-state index in [0.717, 1.165) is 62.4 Å². The van der Waals surface area contributed by atoms with E-state index in [2.05, 4.69) is 35.4 Å². The average molecular weight is 665 g/mol. The molecule has 10 nitrogen and oxygen atoms in total. The maximum absolute atomic E-state index is 13.3. The number of anilines is 1. The number of fused-ring (bicyclic) bond motifs is 1. The van der Waals surface area contributed by atoms with E-state index in [4.69, 9.17) is 9.47 Å². The van der Waals surface area contributed by atoms with Gasteiger partial charge in [0, 0.05) is 50.8 Å². The molecule has 1 saturated carbocycles. The number of ether oxygens (including phenoxy) is 2. The molecule has 2 aromatic rings. The number of benzene rings is 2. The Bertz CT molecular complexity index is 1360. The summed E-state index contributed by atoms with van der Waals surface area (Å²) in [5.41, 5.74) is 3.56. The minimum Gasteiger partial charge on any atom is -0.508 e. The van der Waals surface area contributed by atoms with Crippen LogP contribution in [-0.2, 0) is 27.2 Å². The van der Waals surface area contributed by atoms with E-state index in [1.165, 1.54) is 31.2 Å². The van der Waals surface area contributed by atoms with Crippen molar-refractivity contribution in [2.45, 2.75) is 102 Å². The van der Waals surface area contributed by atoms with Gasteiger partial charge in [-0.15, -0.1) is 0 Å². The number of aromatic hydroxyl groups is 2. The molecule has 0 radical (unpaired) electrons. The molecule has 0 unspecified atom stereocenters. The van der Waals surface area contributed by atoms with Gasteiger partial charge in [0.2, 0.25) is 5.91 Å². The first-order chi connectivity index (χ1) is 23.3. The van der Waals surface area contributed by atoms with Crippen molar-refractivity contribution in [3.63, 3.8) is 0 Å². The van der Waals surface area contributed by atoms with Gasteiger partial charge in [-0.1, -0.05) is 50.8 Å². The van der Waals surface area contributed by atoms with Crippen molar-refractivity contribution in [3.05, 3.63) is 47.0 Å². The van der Waals surface area contributed by atoms with Crippen molar-refractivity contribution in [2.75, 3.05) is 57.9 Å². The summed E-state index contributed by atoms with van der Waals surface area (Å²) in [4.78, 5) is 29.5. The number of rotatable bonds is 19. The maximum Gasteiger partial charge on any atom is 0.262 e. The van der Waals surface area contributed by atoms with Gasteiger partial charge in [0.05, 0.1) is 13.0 Å². The number of likely N-dealkylation sites (tertiary alicyclic amines) is 1. The first-order valence-electron chi connectivity index (χ1n) is 18.2. The summed E-state index contributed by atoms with van der Waals surface area (Å²) in [7, 11) is 0. The van der Waals surface area contributed by atoms with Gasteiger partial charge in [0.15, 0.2) is 12.4 Å². The molecular formula is C38H56N4O6. The Hall–Kier alpha value is -3.34. The molecule has 5 rings (SSSR count). The lowest BCUT2D eigenvalue weighted by molar-refractivity contribution is -0.134. The Morgan fingerprint density at radius 1 is 1.08 bits per heavy atom. The second-order valence-electron chi connectivity index (χ2n) is 13.8. The zero-order chi connectivity index (χ0) is 33.9. The minimum atomic E-state index is -0.280. The van der Waals surface area contributed by atoms with Crippen LogP contribution < -0.4 is 15.4 Å². The summed E-state index contributed by atoms with van der Waals surface area (Å²) in [5, 5.41) is 26.8. The van der Waals surface area contributed by atoms with E-state index >= 15 is 0 Å². The number of nitrogens with one attached hydrogen (secondary N) is 2. The molecule has 2 fully saturated rings. The maximum atomic E-state index is 13.3. The number of carbonyl (C=O) groups excluding carboxylic acids is 2. The van der Waals surface area contributed by atoms with Crippen LogP contribution >= 0.6 is 0 Å². The largest absolute Gasteiger partial charge is 0.508 e. The lowest BCUT2D eigenvalue weighted by atomic mass is 9.87. The zero-order valence-electron chi connectivity index (χ0n) is 29.0. The van der Waals surface area contributed by atoms with Gasteiger partial charge in [0.25, 0.3) is 5.91 Å². The molecule has 0 spiro atoms. The summed E-state index contributed by atoms with van der Waals surface area (Å²) < 4.78 is 11.5. The number of amides is 2. The monoisotopic (exact) mass is 664 g/mol. The third-order valence-corrected chi connectivity index (χ3v) is 10.3. The molecule has 1 saturated heterocycles. The first kappa shape index (κ1) is 36.0. The molecule has 264 valence electrons. The molecule has 0 aromatic heterocycles. The fourth-order valence-corrected chi connectivity index (χ4v) is 7.35. The van der Waals surface area contributed by atoms with Crippen LogP contribution in [-0.4, -0.2) is 96.5 Å². The zero-order valence-corrected chi connectivity index (χ0v) is 29.0. The standard InChI is InChI=1S/C38H56N4O6/c1-3-4-8-27(2)42(20-19-39-18-16-29-13-15-34(44)37-38(29)48-26-35(45)40-37)36(46)17-22-47-21-7-9-28-12-14-33(43)32(23-28)30-24-41(25-30)31-10-5-6-11-31/h12-15,23,27,30-31,39,43-44H,3-11,16-22,24-26H2,1-2H3,(H,40,45)/t27-/m1/s1. The van der Waals surface area contributed by atoms with Crippen molar-refractivity contribution < 1.29 is 29.3 Å². The van der Waals surface area contributed by atoms with E-state index in [1.807, 2.05) is 23.1 Å². The predicted molar refractivity (Wildman–Crippen MR) is 188 cm³/mol. The molecule has 1 aliphatic carbocycles. The number of aryl methyl sites for hydroxylation is 1. The number of unbranched alkanes of at least 4 members (excludes halogenated alkanes) is 1. The van der Waals surface area contributed by atoms with Crippen molar-refractivity contribution in [2.24, 2.45) is 0 Å². The molecule has 48 heavy (non-hydrogen) atoms. The second-order valence-corrected chi connectivity index (χ2v) is 13.8. The molecule has 2 heterocycles. The fourth-order valence-electron chi connectivity index (χ4n) is 7.35. The molecular weight excluding hydrogens is 608 g/mol. The van der Waals surface area contributed by atoms with Crippen LogP contribution in [0.25, 0.3) is 0 Å². The summed E-state index contributed by atoms with van der Waals surface area (Å²) >= 11 is 0. The minimum absolute atomic E-state index is 0.00480. The number of nitrogens with zero attached hydrogens (tertiary/aromatic N) is 2. The number of phenols is 2. The third kappa shape index (κ3) is 9.64. The molecule has 3 aliphatic rings. The second kappa shape index (κ2) is 17.9. The molecule has 2 aliphatic heterocycles. The molecule has 0 bridgehead atoms. The SMILES string of the molecule is CCCC[C@@H](C)N(CCNCCc1ccc(O)c2c1OCC(=O)N2)C(=O)CCOCCCc1ccc(O)c(C2CN(C3CCCC3)C2)c1. The molecule has 1 atom stereocenters. The number of carbonyl (C=O) groups is 2. The van der Waals surface area contributed by atoms with Gasteiger partial charge >= 0.3 is 0 Å². The highest BCUT2D eigenvalue weighted by molar-refractivity contribution is 5.97. The Kier molecular flexibility index (Phi) is 13.4. The van der Waals surface area contributed by atoms with E-state index in [1.54, 1.807) is 6.07 Å². The summed E-state index contributed by atoms with van der Waals surface area (Å²) in [5.74, 6) is 1.20. The quantitative estimate of drug-likeness (QED) is 0.117. The lowest BCUT2D eigenvalue weighted by Gasteiger charge is -2.43. The summed E-state index contributed by atoms with van der Waals surface area (Å²) in [6.07, 6.45) is 11.3. The van der Waals surface area contributed by atoms with Crippen molar-refractivity contribution in [3.8, 4) is 17.2 Å². The topological polar surface area (TPSA) is 124 Å². The number of hydrogen-bond donors (Lipinski definition) is 4. The van der Waals surface area contributed by atoms with Crippen molar-refractivity contribution in [1.82, 2.24) is 15.1 Å². The van der Waals surface area contributed by atoms with Crippen LogP contribution in [0, 0.1) is 0 Å². The van der Waals surface area contributed by atoms with E-state index < -0.39 is 0 Å². The van der Waals surface area contributed by atoms with Crippen LogP contribution in [0.4, 0.5) is 5.69 Å². The van der Waals surface area contributed by atoms with Gasteiger partial charge in [-0.2, -0.15) is 0 Å². The van der Waals surface area contributed by atoms with Crippen LogP contribution in [0.2, 0.25) is 0 Å². The Morgan fingerprint density at radius 3 is 2.67 bits per heavy atom. The van der Waals surface area contributed by atoms with Crippen LogP contribution in [0.3, 0.4) is 0 Å².